The van der Waals surface area contributed by atoms with Gasteiger partial charge in [0, 0.05) is 5.57 Å². The minimum absolute atomic E-state index is 0.757. The van der Waals surface area contributed by atoms with Crippen LogP contribution in [0, 0.1) is 0 Å². The van der Waals surface area contributed by atoms with E-state index in [9.17, 15) is 39.6 Å². The molecular formula is C8H8F6O5S. The normalized spacial score (nSPS) is 14.0. The molecule has 20 heavy (non-hydrogen) atoms. The molecule has 12 heteroatoms. The minimum Gasteiger partial charge on any atom is -0.435 e. The Bertz CT molecular complexity index is 488. The standard InChI is InChI=1S/C8H8F6O5S/c1-4(2)5(15)19-6(7(9,10)11,8(12,13)14)3-20(16,17)18/h1,3H2,2H3,(H,16,17,18). The summed E-state index contributed by atoms with van der Waals surface area (Å²) in [4.78, 5) is 10.9. The van der Waals surface area contributed by atoms with E-state index in [1.165, 1.54) is 0 Å². The average Bonchev–Trinajstić information content (AvgIpc) is 2.10. The molecular weight excluding hydrogens is 322 g/mol. The van der Waals surface area contributed by atoms with Gasteiger partial charge in [-0.15, -0.1) is 0 Å². The second kappa shape index (κ2) is 5.24. The number of rotatable bonds is 4. The van der Waals surface area contributed by atoms with E-state index in [2.05, 4.69) is 11.3 Å². The summed E-state index contributed by atoms with van der Waals surface area (Å²) in [6.07, 6.45) is -12.7. The molecule has 0 amide bonds. The van der Waals surface area contributed by atoms with Crippen molar-refractivity contribution in [3.05, 3.63) is 12.2 Å². The number of carbonyl (C=O) groups is 1. The molecule has 0 aromatic rings. The largest absolute Gasteiger partial charge is 0.438 e. The highest BCUT2D eigenvalue weighted by molar-refractivity contribution is 7.85. The van der Waals surface area contributed by atoms with Gasteiger partial charge in [-0.3, -0.25) is 4.55 Å². The molecule has 5 nitrogen and oxygen atoms in total. The third-order valence-electron chi connectivity index (χ3n) is 1.92. The summed E-state index contributed by atoms with van der Waals surface area (Å²) in [5, 5.41) is 0. The Labute approximate surface area is 109 Å². The van der Waals surface area contributed by atoms with Crippen molar-refractivity contribution in [1.29, 1.82) is 0 Å². The number of halogens is 6. The summed E-state index contributed by atoms with van der Waals surface area (Å²) in [5.74, 6) is -5.02. The van der Waals surface area contributed by atoms with Crippen LogP contribution in [0.3, 0.4) is 0 Å². The van der Waals surface area contributed by atoms with E-state index in [1.807, 2.05) is 0 Å². The number of esters is 1. The van der Waals surface area contributed by atoms with Crippen molar-refractivity contribution in [2.45, 2.75) is 24.9 Å². The third-order valence-corrected chi connectivity index (χ3v) is 2.69. The second-order valence-corrected chi connectivity index (χ2v) is 5.17. The molecule has 0 heterocycles. The van der Waals surface area contributed by atoms with Gasteiger partial charge in [0.1, 0.15) is 5.75 Å². The summed E-state index contributed by atoms with van der Waals surface area (Å²) in [6.45, 7) is 3.54. The van der Waals surface area contributed by atoms with Crippen molar-refractivity contribution in [1.82, 2.24) is 0 Å². The number of hydrogen-bond donors (Lipinski definition) is 1. The lowest BCUT2D eigenvalue weighted by molar-refractivity contribution is -0.360. The Morgan fingerprint density at radius 3 is 1.70 bits per heavy atom. The molecule has 0 rings (SSSR count). The van der Waals surface area contributed by atoms with Crippen molar-refractivity contribution >= 4 is 16.1 Å². The molecule has 0 aromatic heterocycles. The molecule has 0 radical (unpaired) electrons. The summed E-state index contributed by atoms with van der Waals surface area (Å²) >= 11 is 0. The number of alkyl halides is 6. The summed E-state index contributed by atoms with van der Waals surface area (Å²) in [7, 11) is -5.77. The zero-order chi connectivity index (χ0) is 16.6. The van der Waals surface area contributed by atoms with Gasteiger partial charge >= 0.3 is 23.9 Å². The molecule has 0 aliphatic rings. The topological polar surface area (TPSA) is 80.7 Å². The fourth-order valence-electron chi connectivity index (χ4n) is 0.972. The van der Waals surface area contributed by atoms with E-state index in [4.69, 9.17) is 4.55 Å². The van der Waals surface area contributed by atoms with E-state index in [-0.39, 0.29) is 0 Å². The molecule has 118 valence electrons. The van der Waals surface area contributed by atoms with Gasteiger partial charge < -0.3 is 4.74 Å². The van der Waals surface area contributed by atoms with Crippen LogP contribution in [-0.4, -0.2) is 42.6 Å². The van der Waals surface area contributed by atoms with Crippen LogP contribution in [0.25, 0.3) is 0 Å². The van der Waals surface area contributed by atoms with Gasteiger partial charge in [-0.25, -0.2) is 4.79 Å². The van der Waals surface area contributed by atoms with E-state index in [0.717, 1.165) is 6.92 Å². The zero-order valence-corrected chi connectivity index (χ0v) is 10.5. The highest BCUT2D eigenvalue weighted by atomic mass is 32.2. The smallest absolute Gasteiger partial charge is 0.435 e. The molecule has 0 atom stereocenters. The molecule has 0 unspecified atom stereocenters. The molecule has 0 aliphatic carbocycles. The number of hydrogen-bond acceptors (Lipinski definition) is 4. The van der Waals surface area contributed by atoms with Crippen molar-refractivity contribution in [2.24, 2.45) is 0 Å². The third kappa shape index (κ3) is 4.10. The van der Waals surface area contributed by atoms with Crippen LogP contribution in [-0.2, 0) is 19.6 Å². The Kier molecular flexibility index (Phi) is 4.90. The SMILES string of the molecule is C=C(C)C(=O)OC(CS(=O)(=O)O)(C(F)(F)F)C(F)(F)F. The van der Waals surface area contributed by atoms with Crippen LogP contribution >= 0.6 is 0 Å². The first kappa shape index (κ1) is 18.7. The monoisotopic (exact) mass is 330 g/mol. The predicted molar refractivity (Wildman–Crippen MR) is 52.2 cm³/mol. The Hall–Kier alpha value is -1.30. The summed E-state index contributed by atoms with van der Waals surface area (Å²) < 4.78 is 108. The minimum atomic E-state index is -6.33. The van der Waals surface area contributed by atoms with Crippen LogP contribution in [0.15, 0.2) is 12.2 Å². The van der Waals surface area contributed by atoms with E-state index >= 15 is 0 Å². The van der Waals surface area contributed by atoms with Crippen LogP contribution in [0.2, 0.25) is 0 Å². The number of ether oxygens (including phenoxy) is 1. The van der Waals surface area contributed by atoms with Crippen LogP contribution in [0.1, 0.15) is 6.92 Å². The Morgan fingerprint density at radius 2 is 1.50 bits per heavy atom. The van der Waals surface area contributed by atoms with E-state index in [1.54, 1.807) is 0 Å². The van der Waals surface area contributed by atoms with Gasteiger partial charge in [0.2, 0.25) is 0 Å². The first-order chi connectivity index (χ1) is 8.53. The quantitative estimate of drug-likeness (QED) is 0.368. The van der Waals surface area contributed by atoms with Crippen LogP contribution < -0.4 is 0 Å². The van der Waals surface area contributed by atoms with Crippen molar-refractivity contribution in [2.75, 3.05) is 5.75 Å². The van der Waals surface area contributed by atoms with Gasteiger partial charge in [-0.1, -0.05) is 6.58 Å². The Morgan fingerprint density at radius 1 is 1.15 bits per heavy atom. The van der Waals surface area contributed by atoms with Gasteiger partial charge in [-0.05, 0) is 6.92 Å². The average molecular weight is 330 g/mol. The van der Waals surface area contributed by atoms with E-state index in [0.29, 0.717) is 0 Å². The molecule has 0 aliphatic heterocycles. The fraction of sp³-hybridized carbons (Fsp3) is 0.625. The van der Waals surface area contributed by atoms with E-state index < -0.39 is 45.4 Å². The highest BCUT2D eigenvalue weighted by Gasteiger charge is 2.75. The molecule has 0 aromatic carbocycles. The predicted octanol–water partition coefficient (Wildman–Crippen LogP) is 1.86. The maximum atomic E-state index is 12.6. The van der Waals surface area contributed by atoms with Crippen molar-refractivity contribution < 1.29 is 48.8 Å². The first-order valence-electron chi connectivity index (χ1n) is 4.51. The second-order valence-electron chi connectivity index (χ2n) is 3.72. The van der Waals surface area contributed by atoms with Crippen molar-refractivity contribution in [3.63, 3.8) is 0 Å². The molecule has 0 spiro atoms. The summed E-state index contributed by atoms with van der Waals surface area (Å²) in [6, 6.07) is 0. The maximum absolute atomic E-state index is 12.6. The molecule has 0 fully saturated rings. The fourth-order valence-corrected chi connectivity index (χ4v) is 1.87. The van der Waals surface area contributed by atoms with Gasteiger partial charge in [0.15, 0.2) is 0 Å². The lowest BCUT2D eigenvalue weighted by Gasteiger charge is -2.35. The van der Waals surface area contributed by atoms with Crippen molar-refractivity contribution in [3.8, 4) is 0 Å². The Balaban J connectivity index is 6.10. The molecule has 0 saturated carbocycles. The zero-order valence-electron chi connectivity index (χ0n) is 9.67. The molecule has 0 bridgehead atoms. The number of carbonyl (C=O) groups excluding carboxylic acids is 1. The highest BCUT2D eigenvalue weighted by Crippen LogP contribution is 2.47. The van der Waals surface area contributed by atoms with Crippen LogP contribution in [0.4, 0.5) is 26.3 Å². The van der Waals surface area contributed by atoms with Gasteiger partial charge in [0.05, 0.1) is 0 Å². The van der Waals surface area contributed by atoms with Gasteiger partial charge in [-0.2, -0.15) is 34.8 Å². The lowest BCUT2D eigenvalue weighted by Crippen LogP contribution is -2.63. The summed E-state index contributed by atoms with van der Waals surface area (Å²) in [5.41, 5.74) is -6.21. The lowest BCUT2D eigenvalue weighted by atomic mass is 10.1. The maximum Gasteiger partial charge on any atom is 0.438 e. The van der Waals surface area contributed by atoms with Gasteiger partial charge in [0.25, 0.3) is 10.1 Å². The molecule has 0 saturated heterocycles. The first-order valence-corrected chi connectivity index (χ1v) is 6.12. The van der Waals surface area contributed by atoms with Crippen LogP contribution in [0.5, 0.6) is 0 Å². The molecule has 1 N–H and O–H groups in total.